The first-order valence-corrected chi connectivity index (χ1v) is 7.54. The molecule has 3 nitrogen and oxygen atoms in total. The van der Waals surface area contributed by atoms with Crippen LogP contribution >= 0.6 is 27.5 Å². The Balaban J connectivity index is 2.37. The van der Waals surface area contributed by atoms with Gasteiger partial charge in [-0.3, -0.25) is 4.90 Å². The number of nitrogens with zero attached hydrogens (tertiary/aromatic N) is 1. The van der Waals surface area contributed by atoms with Crippen molar-refractivity contribution in [2.24, 2.45) is 0 Å². The molecule has 1 aromatic rings. The van der Waals surface area contributed by atoms with E-state index in [1.807, 2.05) is 12.1 Å². The van der Waals surface area contributed by atoms with Gasteiger partial charge in [0.1, 0.15) is 5.75 Å². The fourth-order valence-corrected chi connectivity index (χ4v) is 3.10. The third kappa shape index (κ3) is 3.31. The molecular weight excluding hydrogens is 328 g/mol. The van der Waals surface area contributed by atoms with Crippen LogP contribution in [0.25, 0.3) is 0 Å². The Morgan fingerprint density at radius 1 is 1.47 bits per heavy atom. The summed E-state index contributed by atoms with van der Waals surface area (Å²) in [6.45, 7) is 7.63. The van der Waals surface area contributed by atoms with Crippen molar-refractivity contribution >= 4 is 27.5 Å². The fourth-order valence-electron chi connectivity index (χ4n) is 2.47. The highest BCUT2D eigenvalue weighted by Gasteiger charge is 2.26. The molecule has 0 bridgehead atoms. The highest BCUT2D eigenvalue weighted by molar-refractivity contribution is 9.10. The zero-order valence-electron chi connectivity index (χ0n) is 10.7. The van der Waals surface area contributed by atoms with E-state index >= 15 is 0 Å². The highest BCUT2D eigenvalue weighted by atomic mass is 79.9. The highest BCUT2D eigenvalue weighted by Crippen LogP contribution is 2.41. The Labute approximate surface area is 127 Å². The third-order valence-corrected chi connectivity index (χ3v) is 4.40. The number of hydrogen-bond donors (Lipinski definition) is 2. The monoisotopic (exact) mass is 344 g/mol. The Morgan fingerprint density at radius 2 is 2.16 bits per heavy atom. The minimum atomic E-state index is 0.0737. The number of benzene rings is 1. The van der Waals surface area contributed by atoms with E-state index in [1.54, 1.807) is 6.07 Å². The number of phenolic OH excluding ortho intramolecular Hbond substituents is 1. The summed E-state index contributed by atoms with van der Waals surface area (Å²) < 4.78 is 0.677. The van der Waals surface area contributed by atoms with Crippen molar-refractivity contribution in [3.63, 3.8) is 0 Å². The van der Waals surface area contributed by atoms with Gasteiger partial charge in [-0.25, -0.2) is 0 Å². The molecule has 1 fully saturated rings. The van der Waals surface area contributed by atoms with Crippen LogP contribution in [-0.2, 0) is 0 Å². The van der Waals surface area contributed by atoms with Crippen LogP contribution in [0.4, 0.5) is 0 Å². The molecule has 1 heterocycles. The van der Waals surface area contributed by atoms with Crippen molar-refractivity contribution in [2.45, 2.75) is 12.5 Å². The molecule has 2 rings (SSSR count). The lowest BCUT2D eigenvalue weighted by atomic mass is 10.00. The van der Waals surface area contributed by atoms with Gasteiger partial charge < -0.3 is 10.4 Å². The molecule has 0 amide bonds. The van der Waals surface area contributed by atoms with Crippen molar-refractivity contribution in [2.75, 3.05) is 26.2 Å². The van der Waals surface area contributed by atoms with Gasteiger partial charge in [-0.1, -0.05) is 17.7 Å². The van der Waals surface area contributed by atoms with Crippen LogP contribution < -0.4 is 5.32 Å². The molecule has 104 valence electrons. The Bertz CT molecular complexity index is 461. The lowest BCUT2D eigenvalue weighted by Gasteiger charge is -2.35. The normalized spacial score (nSPS) is 18.2. The second-order valence-corrected chi connectivity index (χ2v) is 5.88. The number of piperazine rings is 1. The maximum atomic E-state index is 10.3. The van der Waals surface area contributed by atoms with Gasteiger partial charge in [0.2, 0.25) is 0 Å². The van der Waals surface area contributed by atoms with Gasteiger partial charge in [0.05, 0.1) is 4.47 Å². The molecule has 0 radical (unpaired) electrons. The first-order chi connectivity index (χ1) is 9.15. The smallest absolute Gasteiger partial charge is 0.136 e. The van der Waals surface area contributed by atoms with Gasteiger partial charge in [0.15, 0.2) is 0 Å². The summed E-state index contributed by atoms with van der Waals surface area (Å²) in [5.41, 5.74) is 0.790. The molecule has 2 N–H and O–H groups in total. The predicted molar refractivity (Wildman–Crippen MR) is 82.8 cm³/mol. The molecular formula is C14H18BrClN2O. The van der Waals surface area contributed by atoms with Gasteiger partial charge in [0, 0.05) is 42.8 Å². The maximum absolute atomic E-state index is 10.3. The second kappa shape index (κ2) is 6.75. The molecule has 0 spiro atoms. The Hall–Kier alpha value is -0.550. The van der Waals surface area contributed by atoms with Gasteiger partial charge in [-0.15, -0.1) is 6.58 Å². The van der Waals surface area contributed by atoms with Crippen molar-refractivity contribution < 1.29 is 5.11 Å². The average Bonchev–Trinajstić information content (AvgIpc) is 2.43. The van der Waals surface area contributed by atoms with E-state index in [-0.39, 0.29) is 11.8 Å². The van der Waals surface area contributed by atoms with Gasteiger partial charge >= 0.3 is 0 Å². The number of aromatic hydroxyl groups is 1. The SMILES string of the molecule is C=CC[C@@H](c1c(Cl)ccc(Br)c1O)N1CCNCC1. The molecule has 0 aliphatic carbocycles. The number of halogens is 2. The molecule has 1 aliphatic heterocycles. The number of hydrogen-bond acceptors (Lipinski definition) is 3. The molecule has 0 unspecified atom stereocenters. The molecule has 1 aliphatic rings. The number of nitrogens with one attached hydrogen (secondary N) is 1. The van der Waals surface area contributed by atoms with Gasteiger partial charge in [0.25, 0.3) is 0 Å². The molecule has 19 heavy (non-hydrogen) atoms. The lowest BCUT2D eigenvalue weighted by molar-refractivity contribution is 0.172. The lowest BCUT2D eigenvalue weighted by Crippen LogP contribution is -2.45. The molecule has 1 aromatic carbocycles. The Kier molecular flexibility index (Phi) is 5.28. The van der Waals surface area contributed by atoms with Crippen LogP contribution in [0.1, 0.15) is 18.0 Å². The van der Waals surface area contributed by atoms with Crippen molar-refractivity contribution in [3.05, 3.63) is 39.8 Å². The van der Waals surface area contributed by atoms with Crippen LogP contribution in [-0.4, -0.2) is 36.2 Å². The third-order valence-electron chi connectivity index (χ3n) is 3.43. The number of rotatable bonds is 4. The summed E-state index contributed by atoms with van der Waals surface area (Å²) in [5.74, 6) is 0.234. The zero-order chi connectivity index (χ0) is 13.8. The summed E-state index contributed by atoms with van der Waals surface area (Å²) >= 11 is 9.65. The minimum absolute atomic E-state index is 0.0737. The van der Waals surface area contributed by atoms with Gasteiger partial charge in [-0.2, -0.15) is 0 Å². The standard InChI is InChI=1S/C14H18BrClN2O/c1-2-3-12(18-8-6-17-7-9-18)13-11(16)5-4-10(15)14(13)19/h2,4-5,12,17,19H,1,3,6-9H2/t12-/m0/s1. The van der Waals surface area contributed by atoms with E-state index in [0.29, 0.717) is 9.50 Å². The molecule has 0 aromatic heterocycles. The van der Waals surface area contributed by atoms with Crippen LogP contribution in [0.3, 0.4) is 0 Å². The van der Waals surface area contributed by atoms with Crippen molar-refractivity contribution in [1.82, 2.24) is 10.2 Å². The second-order valence-electron chi connectivity index (χ2n) is 4.62. The van der Waals surface area contributed by atoms with E-state index in [1.165, 1.54) is 0 Å². The predicted octanol–water partition coefficient (Wildman–Crippen LogP) is 3.33. The summed E-state index contributed by atoms with van der Waals surface area (Å²) in [4.78, 5) is 2.34. The topological polar surface area (TPSA) is 35.5 Å². The molecule has 0 saturated carbocycles. The van der Waals surface area contributed by atoms with E-state index in [2.05, 4.69) is 32.7 Å². The van der Waals surface area contributed by atoms with E-state index in [0.717, 1.165) is 38.2 Å². The first-order valence-electron chi connectivity index (χ1n) is 6.37. The quantitative estimate of drug-likeness (QED) is 0.822. The fraction of sp³-hybridized carbons (Fsp3) is 0.429. The van der Waals surface area contributed by atoms with Crippen LogP contribution in [0, 0.1) is 0 Å². The van der Waals surface area contributed by atoms with Gasteiger partial charge in [-0.05, 0) is 34.5 Å². The Morgan fingerprint density at radius 3 is 2.79 bits per heavy atom. The van der Waals surface area contributed by atoms with Crippen molar-refractivity contribution in [1.29, 1.82) is 0 Å². The molecule has 1 saturated heterocycles. The van der Waals surface area contributed by atoms with E-state index < -0.39 is 0 Å². The van der Waals surface area contributed by atoms with Crippen LogP contribution in [0.5, 0.6) is 5.75 Å². The van der Waals surface area contributed by atoms with E-state index in [4.69, 9.17) is 11.6 Å². The average molecular weight is 346 g/mol. The van der Waals surface area contributed by atoms with Crippen molar-refractivity contribution in [3.8, 4) is 5.75 Å². The summed E-state index contributed by atoms with van der Waals surface area (Å²) in [6.07, 6.45) is 2.65. The summed E-state index contributed by atoms with van der Waals surface area (Å²) in [7, 11) is 0. The van der Waals surface area contributed by atoms with E-state index in [9.17, 15) is 5.11 Å². The first kappa shape index (κ1) is 14.9. The summed E-state index contributed by atoms with van der Waals surface area (Å²) in [5, 5.41) is 14.2. The minimum Gasteiger partial charge on any atom is -0.506 e. The van der Waals surface area contributed by atoms with Crippen LogP contribution in [0.2, 0.25) is 5.02 Å². The summed E-state index contributed by atoms with van der Waals surface area (Å²) in [6, 6.07) is 3.66. The zero-order valence-corrected chi connectivity index (χ0v) is 13.0. The molecule has 1 atom stereocenters. The largest absolute Gasteiger partial charge is 0.506 e. The molecule has 5 heteroatoms. The number of phenols is 1. The maximum Gasteiger partial charge on any atom is 0.136 e. The van der Waals surface area contributed by atoms with Crippen LogP contribution in [0.15, 0.2) is 29.3 Å².